The van der Waals surface area contributed by atoms with Gasteiger partial charge in [0.25, 0.3) is 5.56 Å². The van der Waals surface area contributed by atoms with Crippen molar-refractivity contribution in [1.29, 1.82) is 0 Å². The number of carbonyl (C=O) groups excluding carboxylic acids is 1. The zero-order chi connectivity index (χ0) is 22.9. The Morgan fingerprint density at radius 3 is 2.65 bits per heavy atom. The van der Waals surface area contributed by atoms with Crippen molar-refractivity contribution in [1.82, 2.24) is 14.8 Å². The molecule has 4 atom stereocenters. The Kier molecular flexibility index (Phi) is 6.74. The first-order valence-corrected chi connectivity index (χ1v) is 11.1. The molecule has 1 saturated carbocycles. The molecule has 31 heavy (non-hydrogen) atoms. The Bertz CT molecular complexity index is 1020. The first-order chi connectivity index (χ1) is 14.5. The molecule has 0 unspecified atom stereocenters. The van der Waals surface area contributed by atoms with E-state index < -0.39 is 5.56 Å². The number of anilines is 2. The van der Waals surface area contributed by atoms with Gasteiger partial charge in [-0.1, -0.05) is 46.2 Å². The molecule has 0 aliphatic heterocycles. The molecule has 3 rings (SSSR count). The number of hydrogen-bond acceptors (Lipinski definition) is 5. The summed E-state index contributed by atoms with van der Waals surface area (Å²) in [6, 6.07) is 2.00. The third-order valence-corrected chi connectivity index (χ3v) is 7.77. The molecule has 168 valence electrons. The van der Waals surface area contributed by atoms with Gasteiger partial charge in [-0.05, 0) is 48.1 Å². The van der Waals surface area contributed by atoms with Crippen LogP contribution in [-0.4, -0.2) is 26.7 Å². The van der Waals surface area contributed by atoms with Crippen LogP contribution in [0.25, 0.3) is 0 Å². The van der Waals surface area contributed by atoms with E-state index in [0.717, 1.165) is 16.7 Å². The molecule has 2 heterocycles. The predicted molar refractivity (Wildman–Crippen MR) is 124 cm³/mol. The number of aromatic nitrogens is 3. The van der Waals surface area contributed by atoms with E-state index in [1.165, 1.54) is 6.20 Å². The highest BCUT2D eigenvalue weighted by Gasteiger charge is 2.43. The summed E-state index contributed by atoms with van der Waals surface area (Å²) in [5, 5.41) is 10.4. The molecule has 7 nitrogen and oxygen atoms in total. The Morgan fingerprint density at radius 2 is 1.97 bits per heavy atom. The van der Waals surface area contributed by atoms with E-state index in [0.29, 0.717) is 29.1 Å². The highest BCUT2D eigenvalue weighted by Crippen LogP contribution is 2.48. The van der Waals surface area contributed by atoms with Crippen molar-refractivity contribution in [2.45, 2.75) is 60.5 Å². The van der Waals surface area contributed by atoms with Crippen LogP contribution in [0.3, 0.4) is 0 Å². The number of carbonyl (C=O) groups is 1. The van der Waals surface area contributed by atoms with E-state index in [1.807, 2.05) is 6.92 Å². The van der Waals surface area contributed by atoms with Crippen molar-refractivity contribution in [3.63, 3.8) is 0 Å². The van der Waals surface area contributed by atoms with Gasteiger partial charge in [0.15, 0.2) is 0 Å². The van der Waals surface area contributed by atoms with Crippen molar-refractivity contribution in [3.05, 3.63) is 45.6 Å². The largest absolute Gasteiger partial charge is 0.379 e. The lowest BCUT2D eigenvalue weighted by molar-refractivity contribution is -0.117. The fraction of sp³-hybridized carbons (Fsp3) is 0.565. The van der Waals surface area contributed by atoms with Crippen LogP contribution in [-0.2, 0) is 11.3 Å². The van der Waals surface area contributed by atoms with Crippen molar-refractivity contribution >= 4 is 28.9 Å². The molecule has 1 aliphatic carbocycles. The van der Waals surface area contributed by atoms with Gasteiger partial charge in [-0.3, -0.25) is 14.6 Å². The summed E-state index contributed by atoms with van der Waals surface area (Å²) >= 11 is 6.39. The van der Waals surface area contributed by atoms with Gasteiger partial charge in [0.2, 0.25) is 5.91 Å². The van der Waals surface area contributed by atoms with Crippen LogP contribution < -0.4 is 16.2 Å². The molecule has 1 amide bonds. The van der Waals surface area contributed by atoms with Crippen molar-refractivity contribution < 1.29 is 4.79 Å². The minimum absolute atomic E-state index is 0.0534. The molecule has 0 bridgehead atoms. The molecule has 0 radical (unpaired) electrons. The van der Waals surface area contributed by atoms with Gasteiger partial charge < -0.3 is 10.6 Å². The summed E-state index contributed by atoms with van der Waals surface area (Å²) in [5.41, 5.74) is 1.76. The molecule has 2 aromatic heterocycles. The average molecular weight is 446 g/mol. The zero-order valence-electron chi connectivity index (χ0n) is 19.1. The van der Waals surface area contributed by atoms with Crippen LogP contribution >= 0.6 is 11.6 Å². The Balaban J connectivity index is 1.73. The number of hydrogen-bond donors (Lipinski definition) is 2. The third-order valence-electron chi connectivity index (χ3n) is 7.41. The summed E-state index contributed by atoms with van der Waals surface area (Å²) in [4.78, 5) is 29.1. The summed E-state index contributed by atoms with van der Waals surface area (Å²) in [6.07, 6.45) is 5.75. The predicted octanol–water partition coefficient (Wildman–Crippen LogP) is 4.36. The van der Waals surface area contributed by atoms with Gasteiger partial charge in [0.1, 0.15) is 11.6 Å². The van der Waals surface area contributed by atoms with Crippen molar-refractivity contribution in [2.75, 3.05) is 10.6 Å². The molecule has 0 aromatic carbocycles. The van der Waals surface area contributed by atoms with Gasteiger partial charge in [0, 0.05) is 12.2 Å². The Labute approximate surface area is 188 Å². The smallest absolute Gasteiger partial charge is 0.288 e. The van der Waals surface area contributed by atoms with Crippen molar-refractivity contribution in [3.8, 4) is 0 Å². The monoisotopic (exact) mass is 445 g/mol. The number of pyridine rings is 1. The first-order valence-electron chi connectivity index (χ1n) is 10.7. The molecule has 0 saturated heterocycles. The van der Waals surface area contributed by atoms with Gasteiger partial charge in [-0.25, -0.2) is 4.68 Å². The zero-order valence-corrected chi connectivity index (χ0v) is 19.8. The van der Waals surface area contributed by atoms with Crippen LogP contribution in [0.4, 0.5) is 11.4 Å². The second-order valence-corrected chi connectivity index (χ2v) is 9.81. The fourth-order valence-electron chi connectivity index (χ4n) is 4.36. The number of aryl methyl sites for hydroxylation is 1. The van der Waals surface area contributed by atoms with E-state index in [2.05, 4.69) is 55.3 Å². The summed E-state index contributed by atoms with van der Waals surface area (Å²) in [7, 11) is 0. The van der Waals surface area contributed by atoms with Gasteiger partial charge >= 0.3 is 0 Å². The van der Waals surface area contributed by atoms with Gasteiger partial charge in [-0.2, -0.15) is 5.10 Å². The number of rotatable bonds is 5. The topological polar surface area (TPSA) is 88.9 Å². The standard InChI is InChI=1S/C23H32ClN5O2/c1-13-7-8-25-10-18(13)28-20(30)12-29-22(31)21(24)19(11-26-29)27-17-9-14(2)23(5,6)16(4)15(17)3/h7-8,10-11,14-17,27H,9,12H2,1-6H3,(H,28,30)/t14-,15+,16+,17+/m0/s1. The molecule has 1 fully saturated rings. The Morgan fingerprint density at radius 1 is 1.26 bits per heavy atom. The fourth-order valence-corrected chi connectivity index (χ4v) is 4.56. The molecule has 0 spiro atoms. The minimum Gasteiger partial charge on any atom is -0.379 e. The maximum atomic E-state index is 12.7. The number of nitrogens with zero attached hydrogens (tertiary/aromatic N) is 3. The van der Waals surface area contributed by atoms with Crippen LogP contribution in [0.1, 0.15) is 46.6 Å². The van der Waals surface area contributed by atoms with Crippen LogP contribution in [0.5, 0.6) is 0 Å². The normalized spacial score (nSPS) is 25.1. The quantitative estimate of drug-likeness (QED) is 0.713. The highest BCUT2D eigenvalue weighted by atomic mass is 35.5. The molecular formula is C23H32ClN5O2. The van der Waals surface area contributed by atoms with E-state index in [-0.39, 0.29) is 28.9 Å². The molecule has 2 aromatic rings. The summed E-state index contributed by atoms with van der Waals surface area (Å²) < 4.78 is 1.08. The number of nitrogens with one attached hydrogen (secondary N) is 2. The second kappa shape index (κ2) is 8.99. The third kappa shape index (κ3) is 4.76. The maximum Gasteiger partial charge on any atom is 0.288 e. The number of halogens is 1. The van der Waals surface area contributed by atoms with Crippen LogP contribution in [0, 0.1) is 30.1 Å². The Hall–Kier alpha value is -2.41. The lowest BCUT2D eigenvalue weighted by Crippen LogP contribution is -2.48. The maximum absolute atomic E-state index is 12.7. The molecule has 8 heteroatoms. The SMILES string of the molecule is Cc1ccncc1NC(=O)Cn1ncc(N[C@@H]2C[C@H](C)C(C)(C)[C@H](C)[C@H]2C)c(Cl)c1=O. The van der Waals surface area contributed by atoms with E-state index in [1.54, 1.807) is 18.5 Å². The van der Waals surface area contributed by atoms with Crippen LogP contribution in [0.15, 0.2) is 29.5 Å². The van der Waals surface area contributed by atoms with Gasteiger partial charge in [0.05, 0.1) is 23.8 Å². The summed E-state index contributed by atoms with van der Waals surface area (Å²) in [5.74, 6) is 1.09. The number of amides is 1. The first kappa shape index (κ1) is 23.3. The average Bonchev–Trinajstić information content (AvgIpc) is 2.72. The van der Waals surface area contributed by atoms with E-state index >= 15 is 0 Å². The molecule has 1 aliphatic rings. The second-order valence-electron chi connectivity index (χ2n) is 9.43. The minimum atomic E-state index is -0.491. The molecular weight excluding hydrogens is 414 g/mol. The van der Waals surface area contributed by atoms with Crippen molar-refractivity contribution in [2.24, 2.45) is 23.2 Å². The lowest BCUT2D eigenvalue weighted by Gasteiger charge is -2.50. The summed E-state index contributed by atoms with van der Waals surface area (Å²) in [6.45, 7) is 13.1. The highest BCUT2D eigenvalue weighted by molar-refractivity contribution is 6.32. The van der Waals surface area contributed by atoms with Crippen LogP contribution in [0.2, 0.25) is 5.02 Å². The van der Waals surface area contributed by atoms with E-state index in [4.69, 9.17) is 11.6 Å². The lowest BCUT2D eigenvalue weighted by atomic mass is 9.58. The van der Waals surface area contributed by atoms with Gasteiger partial charge in [-0.15, -0.1) is 0 Å². The molecule has 2 N–H and O–H groups in total. The van der Waals surface area contributed by atoms with E-state index in [9.17, 15) is 9.59 Å².